The molecule has 23 heavy (non-hydrogen) atoms. The van der Waals surface area contributed by atoms with E-state index in [2.05, 4.69) is 29.0 Å². The maximum atomic E-state index is 12.3. The lowest BCUT2D eigenvalue weighted by Crippen LogP contribution is -2.25. The SMILES string of the molecule is CCCN(CCC)c1ccc(NC(=O)c2ccccc2C)nc1. The van der Waals surface area contributed by atoms with Crippen molar-refractivity contribution in [2.75, 3.05) is 23.3 Å². The van der Waals surface area contributed by atoms with Crippen molar-refractivity contribution in [3.63, 3.8) is 0 Å². The highest BCUT2D eigenvalue weighted by molar-refractivity contribution is 6.04. The Hall–Kier alpha value is -2.36. The van der Waals surface area contributed by atoms with E-state index < -0.39 is 0 Å². The van der Waals surface area contributed by atoms with Crippen molar-refractivity contribution >= 4 is 17.4 Å². The van der Waals surface area contributed by atoms with E-state index in [4.69, 9.17) is 0 Å². The van der Waals surface area contributed by atoms with E-state index in [1.807, 2.05) is 49.5 Å². The molecule has 0 spiro atoms. The van der Waals surface area contributed by atoms with Gasteiger partial charge in [0.25, 0.3) is 5.91 Å². The first kappa shape index (κ1) is 17.0. The van der Waals surface area contributed by atoms with Gasteiger partial charge in [-0.05, 0) is 43.5 Å². The van der Waals surface area contributed by atoms with Gasteiger partial charge in [0, 0.05) is 18.7 Å². The molecule has 0 fully saturated rings. The summed E-state index contributed by atoms with van der Waals surface area (Å²) in [6.45, 7) is 8.31. The highest BCUT2D eigenvalue weighted by Gasteiger charge is 2.10. The van der Waals surface area contributed by atoms with E-state index in [-0.39, 0.29) is 5.91 Å². The average Bonchev–Trinajstić information content (AvgIpc) is 2.56. The van der Waals surface area contributed by atoms with Gasteiger partial charge < -0.3 is 10.2 Å². The van der Waals surface area contributed by atoms with Gasteiger partial charge in [-0.15, -0.1) is 0 Å². The van der Waals surface area contributed by atoms with Crippen LogP contribution in [0.25, 0.3) is 0 Å². The fraction of sp³-hybridized carbons (Fsp3) is 0.368. The van der Waals surface area contributed by atoms with E-state index in [0.29, 0.717) is 11.4 Å². The molecule has 2 rings (SSSR count). The van der Waals surface area contributed by atoms with Crippen molar-refractivity contribution in [1.82, 2.24) is 4.98 Å². The van der Waals surface area contributed by atoms with Crippen molar-refractivity contribution in [3.05, 3.63) is 53.7 Å². The molecule has 0 saturated carbocycles. The summed E-state index contributed by atoms with van der Waals surface area (Å²) in [5.41, 5.74) is 2.73. The number of rotatable bonds is 7. The fourth-order valence-corrected chi connectivity index (χ4v) is 2.57. The van der Waals surface area contributed by atoms with Crippen LogP contribution in [0.15, 0.2) is 42.6 Å². The number of nitrogens with one attached hydrogen (secondary N) is 1. The quantitative estimate of drug-likeness (QED) is 0.830. The molecule has 0 bridgehead atoms. The molecule has 0 radical (unpaired) electrons. The van der Waals surface area contributed by atoms with Crippen LogP contribution < -0.4 is 10.2 Å². The van der Waals surface area contributed by atoms with Crippen molar-refractivity contribution < 1.29 is 4.79 Å². The highest BCUT2D eigenvalue weighted by Crippen LogP contribution is 2.17. The smallest absolute Gasteiger partial charge is 0.257 e. The second-order valence-electron chi connectivity index (χ2n) is 5.66. The van der Waals surface area contributed by atoms with E-state index in [0.717, 1.165) is 37.2 Å². The third-order valence-corrected chi connectivity index (χ3v) is 3.73. The first-order valence-electron chi connectivity index (χ1n) is 8.23. The first-order chi connectivity index (χ1) is 11.2. The molecule has 0 aliphatic heterocycles. The molecule has 1 amide bonds. The molecule has 4 nitrogen and oxygen atoms in total. The lowest BCUT2D eigenvalue weighted by Gasteiger charge is -2.23. The molecule has 1 N–H and O–H groups in total. The molecule has 0 unspecified atom stereocenters. The van der Waals surface area contributed by atoms with Gasteiger partial charge in [-0.1, -0.05) is 32.0 Å². The normalized spacial score (nSPS) is 10.4. The molecule has 4 heteroatoms. The molecule has 0 atom stereocenters. The van der Waals surface area contributed by atoms with Crippen LogP contribution in [0, 0.1) is 6.92 Å². The van der Waals surface area contributed by atoms with Gasteiger partial charge in [0.15, 0.2) is 0 Å². The predicted molar refractivity (Wildman–Crippen MR) is 96.2 cm³/mol. The van der Waals surface area contributed by atoms with E-state index in [1.165, 1.54) is 0 Å². The van der Waals surface area contributed by atoms with Gasteiger partial charge in [-0.3, -0.25) is 4.79 Å². The zero-order valence-electron chi connectivity index (χ0n) is 14.2. The van der Waals surface area contributed by atoms with Crippen LogP contribution in [-0.4, -0.2) is 24.0 Å². The number of aromatic nitrogens is 1. The minimum absolute atomic E-state index is 0.123. The molecule has 1 aromatic heterocycles. The Morgan fingerprint density at radius 3 is 2.35 bits per heavy atom. The lowest BCUT2D eigenvalue weighted by molar-refractivity contribution is 0.102. The molecular formula is C19H25N3O. The largest absolute Gasteiger partial charge is 0.370 e. The lowest BCUT2D eigenvalue weighted by atomic mass is 10.1. The summed E-state index contributed by atoms with van der Waals surface area (Å²) in [4.78, 5) is 19.0. The van der Waals surface area contributed by atoms with Crippen molar-refractivity contribution in [1.29, 1.82) is 0 Å². The zero-order chi connectivity index (χ0) is 16.7. The van der Waals surface area contributed by atoms with Crippen LogP contribution in [0.2, 0.25) is 0 Å². The molecule has 0 aliphatic rings. The Morgan fingerprint density at radius 1 is 1.09 bits per heavy atom. The number of pyridine rings is 1. The average molecular weight is 311 g/mol. The maximum Gasteiger partial charge on any atom is 0.257 e. The Balaban J connectivity index is 2.07. The summed E-state index contributed by atoms with van der Waals surface area (Å²) in [5, 5.41) is 2.86. The van der Waals surface area contributed by atoms with Gasteiger partial charge in [-0.2, -0.15) is 0 Å². The molecule has 2 aromatic rings. The Labute approximate surface area is 138 Å². The summed E-state index contributed by atoms with van der Waals surface area (Å²) in [5.74, 6) is 0.456. The maximum absolute atomic E-state index is 12.3. The third kappa shape index (κ3) is 4.55. The number of hydrogen-bond acceptors (Lipinski definition) is 3. The van der Waals surface area contributed by atoms with Gasteiger partial charge in [0.2, 0.25) is 0 Å². The standard InChI is InChI=1S/C19H25N3O/c1-4-12-22(13-5-2)16-10-11-18(20-14-16)21-19(23)17-9-7-6-8-15(17)3/h6-11,14H,4-5,12-13H2,1-3H3,(H,20,21,23). The molecular weight excluding hydrogens is 286 g/mol. The van der Waals surface area contributed by atoms with Crippen LogP contribution in [0.1, 0.15) is 42.6 Å². The number of anilines is 2. The molecule has 0 aliphatic carbocycles. The fourth-order valence-electron chi connectivity index (χ4n) is 2.57. The molecule has 0 saturated heterocycles. The number of carbonyl (C=O) groups excluding carboxylic acids is 1. The first-order valence-corrected chi connectivity index (χ1v) is 8.23. The zero-order valence-corrected chi connectivity index (χ0v) is 14.2. The molecule has 1 heterocycles. The van der Waals surface area contributed by atoms with Crippen LogP contribution in [-0.2, 0) is 0 Å². The predicted octanol–water partition coefficient (Wildman–Crippen LogP) is 4.27. The number of nitrogens with zero attached hydrogens (tertiary/aromatic N) is 2. The van der Waals surface area contributed by atoms with E-state index in [1.54, 1.807) is 0 Å². The van der Waals surface area contributed by atoms with Crippen molar-refractivity contribution in [2.24, 2.45) is 0 Å². The topological polar surface area (TPSA) is 45.2 Å². The summed E-state index contributed by atoms with van der Waals surface area (Å²) < 4.78 is 0. The summed E-state index contributed by atoms with van der Waals surface area (Å²) in [6.07, 6.45) is 4.04. The minimum Gasteiger partial charge on any atom is -0.370 e. The van der Waals surface area contributed by atoms with Crippen LogP contribution >= 0.6 is 0 Å². The molecule has 122 valence electrons. The second kappa shape index (κ2) is 8.32. The number of carbonyl (C=O) groups is 1. The summed E-state index contributed by atoms with van der Waals surface area (Å²) in [6, 6.07) is 11.4. The Morgan fingerprint density at radius 2 is 1.78 bits per heavy atom. The molecule has 1 aromatic carbocycles. The second-order valence-corrected chi connectivity index (χ2v) is 5.66. The summed E-state index contributed by atoms with van der Waals surface area (Å²) in [7, 11) is 0. The number of hydrogen-bond donors (Lipinski definition) is 1. The monoisotopic (exact) mass is 311 g/mol. The van der Waals surface area contributed by atoms with Crippen molar-refractivity contribution in [3.8, 4) is 0 Å². The third-order valence-electron chi connectivity index (χ3n) is 3.73. The minimum atomic E-state index is -0.123. The van der Waals surface area contributed by atoms with Crippen molar-refractivity contribution in [2.45, 2.75) is 33.6 Å². The Bertz CT molecular complexity index is 631. The Kier molecular flexibility index (Phi) is 6.15. The van der Waals surface area contributed by atoms with E-state index in [9.17, 15) is 4.79 Å². The number of benzene rings is 1. The summed E-state index contributed by atoms with van der Waals surface area (Å²) >= 11 is 0. The van der Waals surface area contributed by atoms with Crippen LogP contribution in [0.5, 0.6) is 0 Å². The van der Waals surface area contributed by atoms with Crippen LogP contribution in [0.3, 0.4) is 0 Å². The number of aryl methyl sites for hydroxylation is 1. The van der Waals surface area contributed by atoms with Gasteiger partial charge in [0.05, 0.1) is 11.9 Å². The highest BCUT2D eigenvalue weighted by atomic mass is 16.1. The van der Waals surface area contributed by atoms with E-state index >= 15 is 0 Å². The van der Waals surface area contributed by atoms with Gasteiger partial charge in [0.1, 0.15) is 5.82 Å². The van der Waals surface area contributed by atoms with Gasteiger partial charge >= 0.3 is 0 Å². The van der Waals surface area contributed by atoms with Gasteiger partial charge in [-0.25, -0.2) is 4.98 Å². The van der Waals surface area contributed by atoms with Crippen LogP contribution in [0.4, 0.5) is 11.5 Å². The number of amides is 1.